The lowest BCUT2D eigenvalue weighted by atomic mass is 10.2. The van der Waals surface area contributed by atoms with Crippen LogP contribution in [0.5, 0.6) is 0 Å². The average molecular weight is 377 g/mol. The van der Waals surface area contributed by atoms with E-state index in [-0.39, 0.29) is 18.7 Å². The van der Waals surface area contributed by atoms with Crippen molar-refractivity contribution in [2.45, 2.75) is 38.7 Å². The maximum absolute atomic E-state index is 14.0. The van der Waals surface area contributed by atoms with Crippen molar-refractivity contribution in [2.75, 3.05) is 20.1 Å². The topological polar surface area (TPSA) is 45.7 Å². The third kappa shape index (κ3) is 4.80. The maximum Gasteiger partial charge on any atom is 0.409 e. The van der Waals surface area contributed by atoms with Gasteiger partial charge >= 0.3 is 6.09 Å². The molecule has 1 aliphatic heterocycles. The second-order valence-corrected chi connectivity index (χ2v) is 7.64. The molecule has 1 fully saturated rings. The largest absolute Gasteiger partial charge is 0.445 e. The summed E-state index contributed by atoms with van der Waals surface area (Å²) in [5.41, 5.74) is 3.75. The molecular weight excluding hydrogens is 353 g/mol. The zero-order valence-corrected chi connectivity index (χ0v) is 15.9. The number of alkyl halides is 1. The number of amides is 1. The molecule has 3 rings (SSSR count). The van der Waals surface area contributed by atoms with Crippen molar-refractivity contribution in [3.63, 3.8) is 0 Å². The summed E-state index contributed by atoms with van der Waals surface area (Å²) in [6, 6.07) is 9.55. The number of benzene rings is 1. The summed E-state index contributed by atoms with van der Waals surface area (Å²) in [7, 11) is 1.70. The summed E-state index contributed by atoms with van der Waals surface area (Å²) in [5.74, 6) is 0. The van der Waals surface area contributed by atoms with Crippen LogP contribution in [0.3, 0.4) is 0 Å². The Hall–Kier alpha value is -1.99. The van der Waals surface area contributed by atoms with Crippen molar-refractivity contribution in [1.82, 2.24) is 14.8 Å². The summed E-state index contributed by atoms with van der Waals surface area (Å²) < 4.78 is 19.3. The second kappa shape index (κ2) is 8.60. The standard InChI is InChI=1S/C19H24FN3O2S/c1-14-18(26-13-21-14)11-23-9-16(20)8-17(23)10-22(2)19(24)25-12-15-6-4-3-5-7-15/h3-7,13,16-17H,8-12H2,1-2H3/t16-,17-/m0/s1. The number of carbonyl (C=O) groups is 1. The molecule has 26 heavy (non-hydrogen) atoms. The van der Waals surface area contributed by atoms with E-state index in [9.17, 15) is 9.18 Å². The summed E-state index contributed by atoms with van der Waals surface area (Å²) in [6.07, 6.45) is -0.805. The highest BCUT2D eigenvalue weighted by Gasteiger charge is 2.34. The molecule has 5 nitrogen and oxygen atoms in total. The predicted octanol–water partition coefficient (Wildman–Crippen LogP) is 3.63. The third-order valence-electron chi connectivity index (χ3n) is 4.67. The van der Waals surface area contributed by atoms with Crippen LogP contribution in [0.4, 0.5) is 9.18 Å². The van der Waals surface area contributed by atoms with E-state index in [4.69, 9.17) is 4.74 Å². The van der Waals surface area contributed by atoms with Gasteiger partial charge in [0, 0.05) is 37.6 Å². The molecule has 1 amide bonds. The van der Waals surface area contributed by atoms with Gasteiger partial charge in [-0.2, -0.15) is 0 Å². The van der Waals surface area contributed by atoms with Gasteiger partial charge in [-0.1, -0.05) is 30.3 Å². The first-order valence-electron chi connectivity index (χ1n) is 8.72. The molecular formula is C19H24FN3O2S. The Balaban J connectivity index is 1.53. The van der Waals surface area contributed by atoms with Crippen LogP contribution in [0.25, 0.3) is 0 Å². The smallest absolute Gasteiger partial charge is 0.409 e. The van der Waals surface area contributed by atoms with Crippen LogP contribution in [0.1, 0.15) is 22.6 Å². The third-order valence-corrected chi connectivity index (χ3v) is 5.59. The molecule has 0 spiro atoms. The highest BCUT2D eigenvalue weighted by molar-refractivity contribution is 7.09. The summed E-state index contributed by atoms with van der Waals surface area (Å²) in [6.45, 7) is 3.73. The first-order valence-corrected chi connectivity index (χ1v) is 9.59. The van der Waals surface area contributed by atoms with Crippen LogP contribution in [-0.4, -0.2) is 53.2 Å². The van der Waals surface area contributed by atoms with Crippen LogP contribution in [0, 0.1) is 6.92 Å². The van der Waals surface area contributed by atoms with E-state index in [1.807, 2.05) is 42.8 Å². The number of likely N-dealkylation sites (N-methyl/N-ethyl adjacent to an activating group) is 1. The SMILES string of the molecule is Cc1ncsc1CN1C[C@@H](F)C[C@H]1CN(C)C(=O)OCc1ccccc1. The molecule has 7 heteroatoms. The lowest BCUT2D eigenvalue weighted by Gasteiger charge is -2.27. The fourth-order valence-corrected chi connectivity index (χ4v) is 3.99. The number of carbonyl (C=O) groups excluding carboxylic acids is 1. The van der Waals surface area contributed by atoms with E-state index < -0.39 is 6.17 Å². The van der Waals surface area contributed by atoms with E-state index in [0.717, 1.165) is 16.1 Å². The lowest BCUT2D eigenvalue weighted by molar-refractivity contribution is 0.0937. The van der Waals surface area contributed by atoms with Gasteiger partial charge < -0.3 is 9.64 Å². The molecule has 0 radical (unpaired) electrons. The van der Waals surface area contributed by atoms with Crippen LogP contribution in [0.2, 0.25) is 0 Å². The van der Waals surface area contributed by atoms with Crippen LogP contribution in [-0.2, 0) is 17.9 Å². The molecule has 0 saturated carbocycles. The van der Waals surface area contributed by atoms with Crippen molar-refractivity contribution in [1.29, 1.82) is 0 Å². The summed E-state index contributed by atoms with van der Waals surface area (Å²) in [5, 5.41) is 0. The minimum atomic E-state index is -0.859. The molecule has 0 aliphatic carbocycles. The molecule has 1 aromatic carbocycles. The molecule has 2 heterocycles. The Kier molecular flexibility index (Phi) is 6.21. The fourth-order valence-electron chi connectivity index (χ4n) is 3.19. The number of likely N-dealkylation sites (tertiary alicyclic amines) is 1. The number of aromatic nitrogens is 1. The normalized spacial score (nSPS) is 20.3. The van der Waals surface area contributed by atoms with Gasteiger partial charge in [-0.05, 0) is 18.9 Å². The molecule has 1 saturated heterocycles. The predicted molar refractivity (Wildman–Crippen MR) is 99.8 cm³/mol. The Labute approximate surface area is 157 Å². The number of nitrogens with zero attached hydrogens (tertiary/aromatic N) is 3. The lowest BCUT2D eigenvalue weighted by Crippen LogP contribution is -2.41. The van der Waals surface area contributed by atoms with Crippen molar-refractivity contribution < 1.29 is 13.9 Å². The number of rotatable bonds is 6. The van der Waals surface area contributed by atoms with Gasteiger partial charge in [0.25, 0.3) is 0 Å². The summed E-state index contributed by atoms with van der Waals surface area (Å²) in [4.78, 5) is 21.3. The molecule has 1 aliphatic rings. The number of thiazole rings is 1. The zero-order valence-electron chi connectivity index (χ0n) is 15.1. The monoisotopic (exact) mass is 377 g/mol. The van der Waals surface area contributed by atoms with E-state index >= 15 is 0 Å². The zero-order chi connectivity index (χ0) is 18.5. The van der Waals surface area contributed by atoms with Crippen molar-refractivity contribution in [3.05, 3.63) is 52.0 Å². The van der Waals surface area contributed by atoms with Crippen LogP contribution >= 0.6 is 11.3 Å². The van der Waals surface area contributed by atoms with Gasteiger partial charge in [-0.15, -0.1) is 11.3 Å². The van der Waals surface area contributed by atoms with Crippen molar-refractivity contribution >= 4 is 17.4 Å². The number of halogens is 1. The van der Waals surface area contributed by atoms with Crippen molar-refractivity contribution in [2.24, 2.45) is 0 Å². The van der Waals surface area contributed by atoms with Crippen LogP contribution < -0.4 is 0 Å². The van der Waals surface area contributed by atoms with Gasteiger partial charge in [-0.3, -0.25) is 4.90 Å². The van der Waals surface area contributed by atoms with Gasteiger partial charge in [0.2, 0.25) is 0 Å². The van der Waals surface area contributed by atoms with Gasteiger partial charge in [0.15, 0.2) is 0 Å². The van der Waals surface area contributed by atoms with E-state index in [1.54, 1.807) is 18.4 Å². The number of aryl methyl sites for hydroxylation is 1. The van der Waals surface area contributed by atoms with Gasteiger partial charge in [0.1, 0.15) is 12.8 Å². The number of hydrogen-bond donors (Lipinski definition) is 0. The molecule has 2 aromatic rings. The molecule has 2 atom stereocenters. The Bertz CT molecular complexity index is 725. The first kappa shape index (κ1) is 18.8. The highest BCUT2D eigenvalue weighted by atomic mass is 32.1. The molecule has 0 bridgehead atoms. The fraction of sp³-hybridized carbons (Fsp3) is 0.474. The highest BCUT2D eigenvalue weighted by Crippen LogP contribution is 2.25. The Morgan fingerprint density at radius 3 is 2.88 bits per heavy atom. The quantitative estimate of drug-likeness (QED) is 0.771. The average Bonchev–Trinajstić information content (AvgIpc) is 3.19. The molecule has 0 unspecified atom stereocenters. The number of ether oxygens (including phenoxy) is 1. The molecule has 0 N–H and O–H groups in total. The Morgan fingerprint density at radius 2 is 2.19 bits per heavy atom. The van der Waals surface area contributed by atoms with E-state index in [0.29, 0.717) is 26.1 Å². The second-order valence-electron chi connectivity index (χ2n) is 6.70. The minimum Gasteiger partial charge on any atom is -0.445 e. The Morgan fingerprint density at radius 1 is 1.42 bits per heavy atom. The first-order chi connectivity index (χ1) is 12.5. The molecule has 1 aromatic heterocycles. The molecule has 140 valence electrons. The van der Waals surface area contributed by atoms with Crippen LogP contribution in [0.15, 0.2) is 35.8 Å². The summed E-state index contributed by atoms with van der Waals surface area (Å²) >= 11 is 1.59. The maximum atomic E-state index is 14.0. The van der Waals surface area contributed by atoms with Gasteiger partial charge in [0.05, 0.1) is 11.2 Å². The van der Waals surface area contributed by atoms with Crippen molar-refractivity contribution in [3.8, 4) is 0 Å². The number of hydrogen-bond acceptors (Lipinski definition) is 5. The van der Waals surface area contributed by atoms with E-state index in [2.05, 4.69) is 9.88 Å². The van der Waals surface area contributed by atoms with E-state index in [1.165, 1.54) is 4.90 Å². The minimum absolute atomic E-state index is 0.0132. The van der Waals surface area contributed by atoms with Gasteiger partial charge in [-0.25, -0.2) is 14.2 Å².